The minimum absolute atomic E-state index is 0.0135. The maximum absolute atomic E-state index is 13.2. The molecule has 2 aromatic heterocycles. The van der Waals surface area contributed by atoms with Gasteiger partial charge in [-0.1, -0.05) is 18.2 Å². The molecule has 1 aliphatic heterocycles. The third-order valence-corrected chi connectivity index (χ3v) is 6.90. The molecule has 1 fully saturated rings. The molecule has 1 N–H and O–H groups in total. The van der Waals surface area contributed by atoms with Crippen molar-refractivity contribution in [2.75, 3.05) is 18.4 Å². The monoisotopic (exact) mass is 462 g/mol. The Bertz CT molecular complexity index is 1270. The van der Waals surface area contributed by atoms with Crippen molar-refractivity contribution in [3.63, 3.8) is 0 Å². The van der Waals surface area contributed by atoms with Crippen LogP contribution in [0.4, 0.5) is 10.1 Å². The van der Waals surface area contributed by atoms with Crippen LogP contribution in [0.15, 0.2) is 66.2 Å². The van der Waals surface area contributed by atoms with Crippen LogP contribution in [0.2, 0.25) is 0 Å². The van der Waals surface area contributed by atoms with Crippen LogP contribution < -0.4 is 5.32 Å². The molecular weight excluding hydrogens is 439 g/mol. The highest BCUT2D eigenvalue weighted by atomic mass is 32.1. The van der Waals surface area contributed by atoms with Crippen LogP contribution in [0.1, 0.15) is 18.5 Å². The lowest BCUT2D eigenvalue weighted by Gasteiger charge is -2.31. The van der Waals surface area contributed by atoms with Gasteiger partial charge in [0.15, 0.2) is 4.96 Å². The van der Waals surface area contributed by atoms with E-state index in [1.807, 2.05) is 51.2 Å². The van der Waals surface area contributed by atoms with Crippen LogP contribution in [0.25, 0.3) is 16.2 Å². The van der Waals surface area contributed by atoms with Crippen molar-refractivity contribution in [3.8, 4) is 11.3 Å². The van der Waals surface area contributed by atoms with E-state index in [1.54, 1.807) is 12.1 Å². The first-order chi connectivity index (χ1) is 16.1. The van der Waals surface area contributed by atoms with Gasteiger partial charge >= 0.3 is 0 Å². The zero-order valence-electron chi connectivity index (χ0n) is 17.9. The third-order valence-electron chi connectivity index (χ3n) is 6.02. The van der Waals surface area contributed by atoms with Gasteiger partial charge in [0.05, 0.1) is 12.1 Å². The molecule has 0 bridgehead atoms. The summed E-state index contributed by atoms with van der Waals surface area (Å²) in [5, 5.41) is 4.91. The van der Waals surface area contributed by atoms with E-state index in [-0.39, 0.29) is 30.0 Å². The van der Waals surface area contributed by atoms with Gasteiger partial charge in [0, 0.05) is 47.5 Å². The Kier molecular flexibility index (Phi) is 5.92. The smallest absolute Gasteiger partial charge is 0.228 e. The summed E-state index contributed by atoms with van der Waals surface area (Å²) in [7, 11) is 0. The van der Waals surface area contributed by atoms with Gasteiger partial charge in [-0.15, -0.1) is 11.3 Å². The fourth-order valence-electron chi connectivity index (χ4n) is 4.14. The van der Waals surface area contributed by atoms with Gasteiger partial charge < -0.3 is 10.2 Å². The fraction of sp³-hybridized carbons (Fsp3) is 0.240. The lowest BCUT2D eigenvalue weighted by Crippen LogP contribution is -2.42. The summed E-state index contributed by atoms with van der Waals surface area (Å²) < 4.78 is 15.1. The first-order valence-corrected chi connectivity index (χ1v) is 11.8. The fourth-order valence-corrected chi connectivity index (χ4v) is 5.01. The number of amides is 2. The number of hydrogen-bond donors (Lipinski definition) is 1. The molecule has 2 amide bonds. The van der Waals surface area contributed by atoms with E-state index in [0.29, 0.717) is 25.9 Å². The Morgan fingerprint density at radius 3 is 2.52 bits per heavy atom. The zero-order valence-corrected chi connectivity index (χ0v) is 18.7. The van der Waals surface area contributed by atoms with Crippen molar-refractivity contribution in [2.45, 2.75) is 19.3 Å². The Morgan fingerprint density at radius 1 is 1.06 bits per heavy atom. The number of aromatic nitrogens is 2. The molecule has 0 saturated carbocycles. The average molecular weight is 463 g/mol. The number of carbonyl (C=O) groups excluding carboxylic acids is 2. The first kappa shape index (κ1) is 21.3. The lowest BCUT2D eigenvalue weighted by molar-refractivity contribution is -0.133. The maximum Gasteiger partial charge on any atom is 0.228 e. The van der Waals surface area contributed by atoms with E-state index < -0.39 is 0 Å². The van der Waals surface area contributed by atoms with Crippen molar-refractivity contribution >= 4 is 33.8 Å². The summed E-state index contributed by atoms with van der Waals surface area (Å²) in [5.41, 5.74) is 3.26. The molecule has 0 atom stereocenters. The van der Waals surface area contributed by atoms with Crippen LogP contribution in [-0.4, -0.2) is 39.2 Å². The largest absolute Gasteiger partial charge is 0.342 e. The second-order valence-corrected chi connectivity index (χ2v) is 9.04. The average Bonchev–Trinajstić information content (AvgIpc) is 3.42. The predicted octanol–water partition coefficient (Wildman–Crippen LogP) is 4.62. The topological polar surface area (TPSA) is 66.7 Å². The van der Waals surface area contributed by atoms with Crippen LogP contribution in [0, 0.1) is 11.7 Å². The van der Waals surface area contributed by atoms with E-state index in [4.69, 9.17) is 0 Å². The molecule has 0 aliphatic carbocycles. The molecule has 8 heteroatoms. The third kappa shape index (κ3) is 4.66. The van der Waals surface area contributed by atoms with Gasteiger partial charge in [-0.05, 0) is 49.2 Å². The number of carbonyl (C=O) groups is 2. The molecule has 168 valence electrons. The van der Waals surface area contributed by atoms with Crippen molar-refractivity contribution < 1.29 is 14.0 Å². The number of nitrogens with one attached hydrogen (secondary N) is 1. The summed E-state index contributed by atoms with van der Waals surface area (Å²) in [6.07, 6.45) is 3.48. The van der Waals surface area contributed by atoms with E-state index in [0.717, 1.165) is 27.6 Å². The SMILES string of the molecule is O=C(Nc1ccccc1)C1CCN(C(=O)Cc2csc3nc(-c4ccc(F)cc4)cn23)CC1. The van der Waals surface area contributed by atoms with Crippen molar-refractivity contribution in [1.82, 2.24) is 14.3 Å². The van der Waals surface area contributed by atoms with Crippen molar-refractivity contribution in [2.24, 2.45) is 5.92 Å². The van der Waals surface area contributed by atoms with Gasteiger partial charge in [0.2, 0.25) is 11.8 Å². The number of fused-ring (bicyclic) bond motifs is 1. The Morgan fingerprint density at radius 2 is 1.79 bits per heavy atom. The van der Waals surface area contributed by atoms with Crippen molar-refractivity contribution in [3.05, 3.63) is 77.7 Å². The van der Waals surface area contributed by atoms with Gasteiger partial charge in [-0.3, -0.25) is 14.0 Å². The summed E-state index contributed by atoms with van der Waals surface area (Å²) in [5.74, 6) is -0.311. The number of likely N-dealkylation sites (tertiary alicyclic amines) is 1. The summed E-state index contributed by atoms with van der Waals surface area (Å²) in [4.78, 5) is 32.7. The highest BCUT2D eigenvalue weighted by Gasteiger charge is 2.28. The van der Waals surface area contributed by atoms with E-state index in [1.165, 1.54) is 23.5 Å². The molecule has 5 rings (SSSR count). The molecule has 1 saturated heterocycles. The van der Waals surface area contributed by atoms with Crippen LogP contribution in [0.5, 0.6) is 0 Å². The number of thiazole rings is 1. The molecule has 2 aromatic carbocycles. The molecular formula is C25H23FN4O2S. The standard InChI is InChI=1S/C25H23FN4O2S/c26-19-8-6-17(7-9-19)22-15-30-21(16-33-25(30)28-22)14-23(31)29-12-10-18(11-13-29)24(32)27-20-4-2-1-3-5-20/h1-9,15-16,18H,10-14H2,(H,27,32). The van der Waals surface area contributed by atoms with Crippen molar-refractivity contribution in [1.29, 1.82) is 0 Å². The predicted molar refractivity (Wildman–Crippen MR) is 127 cm³/mol. The summed E-state index contributed by atoms with van der Waals surface area (Å²) in [6, 6.07) is 15.7. The molecule has 0 radical (unpaired) electrons. The second kappa shape index (κ2) is 9.15. The first-order valence-electron chi connectivity index (χ1n) is 10.9. The van der Waals surface area contributed by atoms with Crippen LogP contribution in [-0.2, 0) is 16.0 Å². The van der Waals surface area contributed by atoms with E-state index >= 15 is 0 Å². The van der Waals surface area contributed by atoms with Gasteiger partial charge in [-0.2, -0.15) is 0 Å². The number of rotatable bonds is 5. The molecule has 6 nitrogen and oxygen atoms in total. The summed E-state index contributed by atoms with van der Waals surface area (Å²) >= 11 is 1.48. The van der Waals surface area contributed by atoms with Gasteiger partial charge in [0.1, 0.15) is 5.82 Å². The number of benzene rings is 2. The zero-order chi connectivity index (χ0) is 22.8. The minimum atomic E-state index is -0.285. The molecule has 4 aromatic rings. The van der Waals surface area contributed by atoms with Crippen LogP contribution >= 0.6 is 11.3 Å². The maximum atomic E-state index is 13.2. The highest BCUT2D eigenvalue weighted by molar-refractivity contribution is 7.15. The molecule has 1 aliphatic rings. The number of halogens is 1. The molecule has 0 spiro atoms. The number of imidazole rings is 1. The number of anilines is 1. The molecule has 3 heterocycles. The van der Waals surface area contributed by atoms with Gasteiger partial charge in [0.25, 0.3) is 0 Å². The Hall–Kier alpha value is -3.52. The number of nitrogens with zero attached hydrogens (tertiary/aromatic N) is 3. The molecule has 33 heavy (non-hydrogen) atoms. The quantitative estimate of drug-likeness (QED) is 0.471. The van der Waals surface area contributed by atoms with Crippen LogP contribution in [0.3, 0.4) is 0 Å². The van der Waals surface area contributed by atoms with E-state index in [9.17, 15) is 14.0 Å². The minimum Gasteiger partial charge on any atom is -0.342 e. The Balaban J connectivity index is 1.20. The normalized spacial score (nSPS) is 14.5. The number of para-hydroxylation sites is 1. The highest BCUT2D eigenvalue weighted by Crippen LogP contribution is 2.25. The molecule has 0 unspecified atom stereocenters. The van der Waals surface area contributed by atoms with E-state index in [2.05, 4.69) is 10.3 Å². The Labute approximate surface area is 194 Å². The lowest BCUT2D eigenvalue weighted by atomic mass is 9.95. The number of piperidine rings is 1. The van der Waals surface area contributed by atoms with Gasteiger partial charge in [-0.25, -0.2) is 9.37 Å². The number of hydrogen-bond acceptors (Lipinski definition) is 4. The summed E-state index contributed by atoms with van der Waals surface area (Å²) in [6.45, 7) is 1.15. The second-order valence-electron chi connectivity index (χ2n) is 8.20.